The van der Waals surface area contributed by atoms with E-state index in [0.717, 1.165) is 86.1 Å². The molecule has 0 bridgehead atoms. The molecule has 10 aromatic carbocycles. The van der Waals surface area contributed by atoms with Crippen LogP contribution in [0.1, 0.15) is 28.8 Å². The first-order chi connectivity index (χ1) is 63.3. The molecular formula is C91H84F9N8O21S7-. The Kier molecular flexibility index (Phi) is 33.8. The minimum absolute atomic E-state index is 0.302. The van der Waals surface area contributed by atoms with E-state index in [0.29, 0.717) is 108 Å². The number of sulfone groups is 4. The molecule has 0 saturated heterocycles. The summed E-state index contributed by atoms with van der Waals surface area (Å²) in [7, 11) is -21.6. The van der Waals surface area contributed by atoms with Crippen LogP contribution >= 0.6 is 0 Å². The summed E-state index contributed by atoms with van der Waals surface area (Å²) in [5.74, 6) is 0.475. The normalized spacial score (nSPS) is 11.9. The Hall–Kier alpha value is -13.3. The van der Waals surface area contributed by atoms with Crippen molar-refractivity contribution >= 4 is 81.0 Å². The summed E-state index contributed by atoms with van der Waals surface area (Å²) < 4.78 is 301. The fourth-order valence-corrected chi connectivity index (χ4v) is 17.2. The van der Waals surface area contributed by atoms with E-state index in [-0.39, 0.29) is 9.79 Å². The van der Waals surface area contributed by atoms with E-state index in [1.54, 1.807) is 67.0 Å². The summed E-state index contributed by atoms with van der Waals surface area (Å²) in [6, 6.07) is 70.0. The highest BCUT2D eigenvalue weighted by atomic mass is 32.2. The van der Waals surface area contributed by atoms with Crippen LogP contribution in [0.2, 0.25) is 0 Å². The molecule has 0 atom stereocenters. The van der Waals surface area contributed by atoms with Gasteiger partial charge >= 0.3 is 21.1 Å². The summed E-state index contributed by atoms with van der Waals surface area (Å²) in [6.07, 6.45) is 4.39. The van der Waals surface area contributed by atoms with Crippen LogP contribution in [0.25, 0.3) is 112 Å². The molecule has 5 aromatic heterocycles. The molecule has 136 heavy (non-hydrogen) atoms. The SMILES string of the molecule is COS(=O)(=O)C(F)(F)F.Cc1onc(-c2ccccc2)c1-c1ccc(S(C)(=O)=O)c(F)c1.Cc1onc(-c2ccccc2)c1-c1ccc(S(C)(=O)=O)c(N(C)C)c1.Cc1onc(-c2ccccc2)c1-c1ccc(S(C)(=O)=O)c(N(C)C)c1.Cc1onc(-c2ccccc2)c1-c1ccc(S(C)(=O)=O)c([18F])c1.Cc1onc(-c2ccccc2)c1-c1ccc(S(N)(=O)=O)c(F)c1.O=S(=O)([O-])C(F)(F)F. The zero-order chi connectivity index (χ0) is 101. The minimum atomic E-state index is -6.09. The monoisotopic (exact) mass is 2020 g/mol. The molecule has 0 amide bonds. The van der Waals surface area contributed by atoms with E-state index in [1.165, 1.54) is 42.8 Å². The first kappa shape index (κ1) is 106. The molecule has 15 rings (SSSR count). The Labute approximate surface area is 777 Å². The largest absolute Gasteiger partial charge is 0.741 e. The Morgan fingerprint density at radius 2 is 0.493 bits per heavy atom. The lowest BCUT2D eigenvalue weighted by Gasteiger charge is -2.18. The Morgan fingerprint density at radius 1 is 0.301 bits per heavy atom. The predicted molar refractivity (Wildman–Crippen MR) is 491 cm³/mol. The summed E-state index contributed by atoms with van der Waals surface area (Å²) in [6.45, 7) is 8.89. The van der Waals surface area contributed by atoms with Crippen molar-refractivity contribution in [3.8, 4) is 112 Å². The zero-order valence-corrected chi connectivity index (χ0v) is 79.8. The van der Waals surface area contributed by atoms with Crippen molar-refractivity contribution in [2.45, 2.75) is 70.1 Å². The van der Waals surface area contributed by atoms with E-state index in [2.05, 4.69) is 30.0 Å². The molecule has 0 aliphatic rings. The van der Waals surface area contributed by atoms with Crippen LogP contribution in [0.5, 0.6) is 0 Å². The molecule has 15 aromatic rings. The fraction of sp³-hybridized carbons (Fsp3) is 0.176. The Bertz CT molecular complexity index is 7120. The second kappa shape index (κ2) is 43.2. The van der Waals surface area contributed by atoms with Gasteiger partial charge < -0.3 is 37.0 Å². The highest BCUT2D eigenvalue weighted by Gasteiger charge is 2.46. The number of primary sulfonamides is 1. The van der Waals surface area contributed by atoms with Gasteiger partial charge in [-0.2, -0.15) is 34.8 Å². The Balaban J connectivity index is 0.000000183. The molecule has 0 unspecified atom stereocenters. The quantitative estimate of drug-likeness (QED) is 0.0361. The molecule has 5 heterocycles. The molecule has 29 nitrogen and oxygen atoms in total. The number of sulfonamides is 1. The van der Waals surface area contributed by atoms with Crippen molar-refractivity contribution in [1.29, 1.82) is 0 Å². The maximum Gasteiger partial charge on any atom is 0.523 e. The number of alkyl halides is 6. The number of hydrogen-bond donors (Lipinski definition) is 1. The lowest BCUT2D eigenvalue weighted by molar-refractivity contribution is -0.0528. The summed E-state index contributed by atoms with van der Waals surface area (Å²) in [5.41, 5.74) is 4.85. The zero-order valence-electron chi connectivity index (χ0n) is 74.1. The van der Waals surface area contributed by atoms with Gasteiger partial charge in [-0.15, -0.1) is 0 Å². The van der Waals surface area contributed by atoms with Gasteiger partial charge in [-0.3, -0.25) is 4.18 Å². The number of benzene rings is 10. The van der Waals surface area contributed by atoms with Gasteiger partial charge in [0.1, 0.15) is 89.4 Å². The number of nitrogens with two attached hydrogens (primary N) is 1. The van der Waals surface area contributed by atoms with Crippen LogP contribution in [0.15, 0.2) is 290 Å². The van der Waals surface area contributed by atoms with Gasteiger partial charge in [-0.25, -0.2) is 68.8 Å². The third-order valence-corrected chi connectivity index (χ3v) is 26.4. The average molecular weight is 2020 g/mol. The first-order valence-corrected chi connectivity index (χ1v) is 51.0. The van der Waals surface area contributed by atoms with Crippen LogP contribution in [-0.4, -0.2) is 161 Å². The number of halogens is 9. The molecule has 0 radical (unpaired) electrons. The van der Waals surface area contributed by atoms with Crippen molar-refractivity contribution in [3.05, 3.63) is 289 Å². The second-order valence-corrected chi connectivity index (χ2v) is 42.4. The molecule has 0 fully saturated rings. The van der Waals surface area contributed by atoms with Gasteiger partial charge in [-0.05, 0) is 123 Å². The smallest absolute Gasteiger partial charge is 0.523 e. The topological polar surface area (TPSA) is 434 Å². The summed E-state index contributed by atoms with van der Waals surface area (Å²) >= 11 is 0. The van der Waals surface area contributed by atoms with Gasteiger partial charge in [-0.1, -0.05) is 208 Å². The standard InChI is InChI=1S/2C19H20N2O3S.2C17H14FNO3S.C16H13FN2O3S.C2H3F3O3S.CHF3O3S/c2*1-13-18(19(20-24-13)14-8-6-5-7-9-14)15-10-11-17(25(4,22)23)16(12-15)21(2)3;2*1-11-16(17(19-22-11)12-6-4-3-5-7-12)13-8-9-15(14(18)10-13)23(2,20)21;1-10-15(16(19-22-10)11-5-3-2-4-6-11)12-7-8-14(13(17)9-12)23(18,20)21;1-8-9(6,7)2(3,4)5;2-1(3,4)8(5,6)7/h2*5-12H,1-4H3;2*3-10H,1-2H3;2-9H,1H3,(H2,18,20,21);1H3;(H,5,6,7)/p-1/i;;18-1;;;;. The number of anilines is 2. The lowest BCUT2D eigenvalue weighted by atomic mass is 9.99. The minimum Gasteiger partial charge on any atom is -0.741 e. The second-order valence-electron chi connectivity index (χ2n) is 29.8. The van der Waals surface area contributed by atoms with Crippen LogP contribution in [0.4, 0.5) is 50.9 Å². The molecule has 0 spiro atoms. The van der Waals surface area contributed by atoms with E-state index >= 15 is 0 Å². The van der Waals surface area contributed by atoms with Crippen LogP contribution in [0.3, 0.4) is 0 Å². The third kappa shape index (κ3) is 26.5. The number of aromatic nitrogens is 5. The van der Waals surface area contributed by atoms with E-state index < -0.39 is 103 Å². The molecule has 0 aliphatic carbocycles. The summed E-state index contributed by atoms with van der Waals surface area (Å²) in [4.78, 5) is 3.01. The fourth-order valence-electron chi connectivity index (χ4n) is 13.1. The van der Waals surface area contributed by atoms with Crippen LogP contribution in [0, 0.1) is 52.1 Å². The van der Waals surface area contributed by atoms with Crippen LogP contribution < -0.4 is 14.9 Å². The molecule has 0 aliphatic heterocycles. The van der Waals surface area contributed by atoms with Crippen LogP contribution in [-0.2, 0) is 73.8 Å². The van der Waals surface area contributed by atoms with E-state index in [9.17, 15) is 90.0 Å². The highest BCUT2D eigenvalue weighted by Crippen LogP contribution is 2.43. The predicted octanol–water partition coefficient (Wildman–Crippen LogP) is 18.9. The highest BCUT2D eigenvalue weighted by molar-refractivity contribution is 7.91. The molecule has 0 saturated carbocycles. The van der Waals surface area contributed by atoms with Gasteiger partial charge in [0.15, 0.2) is 49.5 Å². The lowest BCUT2D eigenvalue weighted by Crippen LogP contribution is -2.23. The molecule has 720 valence electrons. The Morgan fingerprint density at radius 3 is 0.647 bits per heavy atom. The van der Waals surface area contributed by atoms with Gasteiger partial charge in [0.05, 0.1) is 56.1 Å². The van der Waals surface area contributed by atoms with Gasteiger partial charge in [0.2, 0.25) is 10.0 Å². The maximum absolute atomic E-state index is 14.2. The van der Waals surface area contributed by atoms with Crippen molar-refractivity contribution in [2.75, 3.05) is 70.1 Å². The van der Waals surface area contributed by atoms with Gasteiger partial charge in [0.25, 0.3) is 0 Å². The van der Waals surface area contributed by atoms with E-state index in [4.69, 9.17) is 40.7 Å². The van der Waals surface area contributed by atoms with Crippen molar-refractivity contribution < 1.29 is 130 Å². The average Bonchev–Trinajstić information content (AvgIpc) is 1.57. The summed E-state index contributed by atoms with van der Waals surface area (Å²) in [5, 5.41) is 25.5. The maximum atomic E-state index is 14.2. The third-order valence-electron chi connectivity index (χ3n) is 19.4. The van der Waals surface area contributed by atoms with Crippen molar-refractivity contribution in [1.82, 2.24) is 25.8 Å². The number of hydrogen-bond acceptors (Lipinski definition) is 28. The first-order valence-electron chi connectivity index (χ1n) is 39.1. The number of aryl methyl sites for hydroxylation is 5. The van der Waals surface area contributed by atoms with Crippen molar-refractivity contribution in [2.24, 2.45) is 5.14 Å². The molecular weight excluding hydrogens is 1940 g/mol. The van der Waals surface area contributed by atoms with E-state index in [1.807, 2.05) is 206 Å². The number of rotatable bonds is 18. The van der Waals surface area contributed by atoms with Gasteiger partial charge in [0, 0.05) is 81.0 Å². The number of nitrogens with zero attached hydrogens (tertiary/aromatic N) is 7. The molecule has 45 heteroatoms. The van der Waals surface area contributed by atoms with Crippen molar-refractivity contribution in [3.63, 3.8) is 0 Å². The molecule has 2 N–H and O–H groups in total.